The molecule has 162 valence electrons. The normalized spacial score (nSPS) is 11.2. The molecule has 1 aromatic carbocycles. The first-order chi connectivity index (χ1) is 14.0. The molecule has 0 spiro atoms. The Labute approximate surface area is 179 Å². The zero-order valence-electron chi connectivity index (χ0n) is 16.2. The van der Waals surface area contributed by atoms with Crippen LogP contribution in [-0.2, 0) is 15.7 Å². The fraction of sp³-hybridized carbons (Fsp3) is 0.316. The summed E-state index contributed by atoms with van der Waals surface area (Å²) in [5.41, 5.74) is -0.986. The van der Waals surface area contributed by atoms with Gasteiger partial charge < -0.3 is 15.4 Å². The number of amides is 2. The lowest BCUT2D eigenvalue weighted by atomic mass is 10.1. The van der Waals surface area contributed by atoms with E-state index in [1.54, 1.807) is 6.92 Å². The van der Waals surface area contributed by atoms with Crippen molar-refractivity contribution in [2.24, 2.45) is 0 Å². The van der Waals surface area contributed by atoms with E-state index in [9.17, 15) is 27.6 Å². The molecule has 11 heteroatoms. The van der Waals surface area contributed by atoms with Crippen LogP contribution in [0.4, 0.5) is 23.9 Å². The van der Waals surface area contributed by atoms with Crippen molar-refractivity contribution in [2.75, 3.05) is 17.7 Å². The van der Waals surface area contributed by atoms with E-state index < -0.39 is 23.6 Å². The number of hydrogen-bond acceptors (Lipinski definition) is 5. The largest absolute Gasteiger partial charge is 0.465 e. The third kappa shape index (κ3) is 5.31. The minimum Gasteiger partial charge on any atom is -0.465 e. The van der Waals surface area contributed by atoms with Crippen LogP contribution in [0.2, 0.25) is 5.02 Å². The number of halogens is 4. The summed E-state index contributed by atoms with van der Waals surface area (Å²) in [7, 11) is 1.15. The SMILES string of the molecule is CCCC(=O)Nc1sc(C(=O)Nc2cc(C(F)(F)F)ccc2Cl)c(C)c1C(=O)OC. The fourth-order valence-electron chi connectivity index (χ4n) is 2.56. The summed E-state index contributed by atoms with van der Waals surface area (Å²) in [5, 5.41) is 4.94. The molecule has 0 aliphatic carbocycles. The van der Waals surface area contributed by atoms with Gasteiger partial charge in [-0.15, -0.1) is 11.3 Å². The number of ether oxygens (including phenoxy) is 1. The van der Waals surface area contributed by atoms with Gasteiger partial charge in [0.25, 0.3) is 5.91 Å². The number of carbonyl (C=O) groups excluding carboxylic acids is 3. The van der Waals surface area contributed by atoms with Crippen molar-refractivity contribution in [3.8, 4) is 0 Å². The molecule has 0 bridgehead atoms. The Hall–Kier alpha value is -2.59. The molecule has 0 fully saturated rings. The summed E-state index contributed by atoms with van der Waals surface area (Å²) in [4.78, 5) is 36.9. The molecule has 0 radical (unpaired) electrons. The molecular formula is C19H18ClF3N2O4S. The topological polar surface area (TPSA) is 84.5 Å². The minimum atomic E-state index is -4.61. The van der Waals surface area contributed by atoms with Crippen LogP contribution in [0.1, 0.15) is 50.9 Å². The summed E-state index contributed by atoms with van der Waals surface area (Å²) in [5.74, 6) is -1.89. The minimum absolute atomic E-state index is 0.00671. The van der Waals surface area contributed by atoms with Crippen LogP contribution in [0, 0.1) is 6.92 Å². The van der Waals surface area contributed by atoms with Crippen LogP contribution in [0.15, 0.2) is 18.2 Å². The average Bonchev–Trinajstić information content (AvgIpc) is 2.98. The molecule has 0 saturated carbocycles. The average molecular weight is 463 g/mol. The van der Waals surface area contributed by atoms with Crippen LogP contribution in [0.3, 0.4) is 0 Å². The number of hydrogen-bond donors (Lipinski definition) is 2. The summed E-state index contributed by atoms with van der Waals surface area (Å²) in [6.07, 6.45) is -3.83. The number of thiophene rings is 1. The molecule has 30 heavy (non-hydrogen) atoms. The van der Waals surface area contributed by atoms with Crippen molar-refractivity contribution >= 4 is 51.4 Å². The van der Waals surface area contributed by atoms with E-state index in [1.807, 2.05) is 0 Å². The van der Waals surface area contributed by atoms with E-state index in [4.69, 9.17) is 16.3 Å². The van der Waals surface area contributed by atoms with E-state index in [-0.39, 0.29) is 44.0 Å². The number of esters is 1. The lowest BCUT2D eigenvalue weighted by molar-refractivity contribution is -0.137. The van der Waals surface area contributed by atoms with Crippen LogP contribution in [0.25, 0.3) is 0 Å². The Balaban J connectivity index is 2.42. The smallest absolute Gasteiger partial charge is 0.416 e. The van der Waals surface area contributed by atoms with Crippen LogP contribution in [-0.4, -0.2) is 24.9 Å². The quantitative estimate of drug-likeness (QED) is 0.555. The van der Waals surface area contributed by atoms with E-state index in [0.29, 0.717) is 12.5 Å². The highest BCUT2D eigenvalue weighted by atomic mass is 35.5. The standard InChI is InChI=1S/C19H18ClF3N2O4S/c1-4-5-13(26)25-17-14(18(28)29-3)9(2)15(30-17)16(27)24-12-8-10(19(21,22)23)6-7-11(12)20/h6-8H,4-5H2,1-3H3,(H,24,27)(H,25,26). The van der Waals surface area contributed by atoms with Gasteiger partial charge in [0.05, 0.1) is 33.8 Å². The highest BCUT2D eigenvalue weighted by Crippen LogP contribution is 2.36. The maximum Gasteiger partial charge on any atom is 0.416 e. The molecule has 2 rings (SSSR count). The van der Waals surface area contributed by atoms with Crippen LogP contribution >= 0.6 is 22.9 Å². The summed E-state index contributed by atoms with van der Waals surface area (Å²) < 4.78 is 43.6. The third-order valence-electron chi connectivity index (χ3n) is 4.01. The van der Waals surface area contributed by atoms with Crippen molar-refractivity contribution < 1.29 is 32.3 Å². The maximum absolute atomic E-state index is 12.9. The van der Waals surface area contributed by atoms with Crippen LogP contribution in [0.5, 0.6) is 0 Å². The number of methoxy groups -OCH3 is 1. The number of alkyl halides is 3. The van der Waals surface area contributed by atoms with Gasteiger partial charge >= 0.3 is 12.1 Å². The second kappa shape index (κ2) is 9.48. The predicted octanol–water partition coefficient (Wildman–Crippen LogP) is 5.51. The summed E-state index contributed by atoms with van der Waals surface area (Å²) in [6, 6.07) is 2.54. The van der Waals surface area contributed by atoms with Gasteiger partial charge in [-0.1, -0.05) is 18.5 Å². The molecule has 0 saturated heterocycles. The van der Waals surface area contributed by atoms with E-state index in [0.717, 1.165) is 30.6 Å². The maximum atomic E-state index is 12.9. The second-order valence-corrected chi connectivity index (χ2v) is 7.62. The van der Waals surface area contributed by atoms with E-state index in [2.05, 4.69) is 10.6 Å². The molecule has 0 aliphatic rings. The van der Waals surface area contributed by atoms with E-state index in [1.165, 1.54) is 6.92 Å². The summed E-state index contributed by atoms with van der Waals surface area (Å²) >= 11 is 6.74. The Morgan fingerprint density at radius 2 is 1.87 bits per heavy atom. The van der Waals surface area contributed by atoms with Crippen molar-refractivity contribution in [2.45, 2.75) is 32.9 Å². The zero-order chi connectivity index (χ0) is 22.6. The van der Waals surface area contributed by atoms with Gasteiger partial charge in [-0.25, -0.2) is 4.79 Å². The number of carbonyl (C=O) groups is 3. The zero-order valence-corrected chi connectivity index (χ0v) is 17.8. The molecule has 1 heterocycles. The number of nitrogens with one attached hydrogen (secondary N) is 2. The third-order valence-corrected chi connectivity index (χ3v) is 5.55. The number of anilines is 2. The monoisotopic (exact) mass is 462 g/mol. The highest BCUT2D eigenvalue weighted by Gasteiger charge is 2.32. The Kier molecular flexibility index (Phi) is 7.49. The van der Waals surface area contributed by atoms with Crippen molar-refractivity contribution in [1.82, 2.24) is 0 Å². The fourth-order valence-corrected chi connectivity index (χ4v) is 3.83. The van der Waals surface area contributed by atoms with E-state index >= 15 is 0 Å². The second-order valence-electron chi connectivity index (χ2n) is 6.20. The molecule has 2 N–H and O–H groups in total. The Morgan fingerprint density at radius 3 is 2.43 bits per heavy atom. The first-order valence-corrected chi connectivity index (χ1v) is 9.88. The van der Waals surface area contributed by atoms with Gasteiger partial charge in [0.15, 0.2) is 0 Å². The van der Waals surface area contributed by atoms with Crippen molar-refractivity contribution in [1.29, 1.82) is 0 Å². The van der Waals surface area contributed by atoms with Gasteiger partial charge in [-0.05, 0) is 37.1 Å². The lowest BCUT2D eigenvalue weighted by Crippen LogP contribution is -2.14. The molecule has 0 unspecified atom stereocenters. The molecule has 0 atom stereocenters. The van der Waals surface area contributed by atoms with Gasteiger partial charge in [-0.3, -0.25) is 9.59 Å². The van der Waals surface area contributed by atoms with Gasteiger partial charge in [0, 0.05) is 6.42 Å². The number of rotatable bonds is 6. The molecule has 6 nitrogen and oxygen atoms in total. The molecule has 0 aliphatic heterocycles. The summed E-state index contributed by atoms with van der Waals surface area (Å²) in [6.45, 7) is 3.28. The van der Waals surface area contributed by atoms with Gasteiger partial charge in [0.1, 0.15) is 5.00 Å². The molecular weight excluding hydrogens is 445 g/mol. The predicted molar refractivity (Wildman–Crippen MR) is 108 cm³/mol. The van der Waals surface area contributed by atoms with Gasteiger partial charge in [-0.2, -0.15) is 13.2 Å². The number of benzene rings is 1. The van der Waals surface area contributed by atoms with Gasteiger partial charge in [0.2, 0.25) is 5.91 Å². The first kappa shape index (κ1) is 23.7. The molecule has 1 aromatic heterocycles. The Morgan fingerprint density at radius 1 is 1.20 bits per heavy atom. The Bertz CT molecular complexity index is 989. The van der Waals surface area contributed by atoms with Crippen molar-refractivity contribution in [3.63, 3.8) is 0 Å². The molecule has 2 amide bonds. The molecule has 2 aromatic rings. The van der Waals surface area contributed by atoms with Crippen LogP contribution < -0.4 is 10.6 Å². The van der Waals surface area contributed by atoms with Crippen molar-refractivity contribution in [3.05, 3.63) is 44.8 Å². The first-order valence-electron chi connectivity index (χ1n) is 8.69. The lowest BCUT2D eigenvalue weighted by Gasteiger charge is -2.11. The highest BCUT2D eigenvalue weighted by molar-refractivity contribution is 7.19.